The van der Waals surface area contributed by atoms with Crippen molar-refractivity contribution in [3.63, 3.8) is 0 Å². The van der Waals surface area contributed by atoms with Crippen molar-refractivity contribution in [2.75, 3.05) is 19.6 Å². The van der Waals surface area contributed by atoms with Crippen molar-refractivity contribution in [3.05, 3.63) is 46.6 Å². The van der Waals surface area contributed by atoms with E-state index in [1.54, 1.807) is 0 Å². The van der Waals surface area contributed by atoms with E-state index in [0.29, 0.717) is 0 Å². The highest BCUT2D eigenvalue weighted by molar-refractivity contribution is 9.11. The maximum absolute atomic E-state index is 5.70. The Kier molecular flexibility index (Phi) is 4.44. The molecule has 0 radical (unpaired) electrons. The average molecular weight is 337 g/mol. The monoisotopic (exact) mass is 336 g/mol. The van der Waals surface area contributed by atoms with E-state index in [1.165, 1.54) is 24.9 Å². The molecule has 1 spiro atoms. The molecule has 0 atom stereocenters. The first kappa shape index (κ1) is 14.1. The normalized spacial score (nSPS) is 21.8. The van der Waals surface area contributed by atoms with Crippen molar-refractivity contribution < 1.29 is 4.84 Å². The Morgan fingerprint density at radius 3 is 2.60 bits per heavy atom. The molecule has 3 rings (SSSR count). The Morgan fingerprint density at radius 1 is 1.20 bits per heavy atom. The highest BCUT2D eigenvalue weighted by atomic mass is 79.9. The van der Waals surface area contributed by atoms with Gasteiger partial charge in [0.2, 0.25) is 0 Å². The van der Waals surface area contributed by atoms with Gasteiger partial charge < -0.3 is 4.90 Å². The lowest BCUT2D eigenvalue weighted by molar-refractivity contribution is -0.0719. The number of hydroxylamine groups is 1. The van der Waals surface area contributed by atoms with Gasteiger partial charge in [-0.3, -0.25) is 10.3 Å². The van der Waals surface area contributed by atoms with Gasteiger partial charge in [0.15, 0.2) is 0 Å². The van der Waals surface area contributed by atoms with Crippen LogP contribution in [-0.2, 0) is 11.3 Å². The number of rotatable bonds is 4. The molecule has 1 N–H and O–H groups in total. The van der Waals surface area contributed by atoms with E-state index in [2.05, 4.69) is 62.7 Å². The van der Waals surface area contributed by atoms with Gasteiger partial charge in [-0.25, -0.2) is 0 Å². The molecule has 0 bridgehead atoms. The maximum atomic E-state index is 5.70. The standard InChI is InChI=1S/C16H21BrN2O/c17-15-13-16(20-18-15)8-11-19(12-9-16)10-4-7-14-5-2-1-3-6-14/h1-3,5-6,13,18H,4,7-12H2. The topological polar surface area (TPSA) is 24.5 Å². The highest BCUT2D eigenvalue weighted by Gasteiger charge is 2.37. The number of nitrogens with zero attached hydrogens (tertiary/aromatic N) is 1. The molecule has 3 nitrogen and oxygen atoms in total. The summed E-state index contributed by atoms with van der Waals surface area (Å²) >= 11 is 3.44. The smallest absolute Gasteiger partial charge is 0.119 e. The lowest BCUT2D eigenvalue weighted by Crippen LogP contribution is -2.44. The minimum Gasteiger partial charge on any atom is -0.303 e. The lowest BCUT2D eigenvalue weighted by Gasteiger charge is -2.36. The van der Waals surface area contributed by atoms with Gasteiger partial charge in [0.05, 0.1) is 0 Å². The van der Waals surface area contributed by atoms with Crippen molar-refractivity contribution in [2.45, 2.75) is 31.3 Å². The fraction of sp³-hybridized carbons (Fsp3) is 0.500. The summed E-state index contributed by atoms with van der Waals surface area (Å²) in [6, 6.07) is 10.7. The first-order chi connectivity index (χ1) is 9.76. The summed E-state index contributed by atoms with van der Waals surface area (Å²) in [5, 5.41) is 0. The molecule has 2 aliphatic heterocycles. The molecule has 2 heterocycles. The summed E-state index contributed by atoms with van der Waals surface area (Å²) in [4.78, 5) is 8.25. The number of aryl methyl sites for hydroxylation is 1. The lowest BCUT2D eigenvalue weighted by atomic mass is 9.91. The number of hydrogen-bond acceptors (Lipinski definition) is 3. The molecule has 4 heteroatoms. The van der Waals surface area contributed by atoms with Crippen LogP contribution in [0.15, 0.2) is 41.0 Å². The molecule has 1 saturated heterocycles. The number of benzene rings is 1. The van der Waals surface area contributed by atoms with Crippen LogP contribution >= 0.6 is 15.9 Å². The van der Waals surface area contributed by atoms with Crippen molar-refractivity contribution in [1.82, 2.24) is 10.4 Å². The zero-order chi connectivity index (χ0) is 13.8. The Labute approximate surface area is 129 Å². The zero-order valence-corrected chi connectivity index (χ0v) is 13.2. The molecular formula is C16H21BrN2O. The molecule has 1 aromatic carbocycles. The third kappa shape index (κ3) is 3.43. The van der Waals surface area contributed by atoms with Gasteiger partial charge in [-0.05, 0) is 59.8 Å². The summed E-state index contributed by atoms with van der Waals surface area (Å²) in [6.45, 7) is 3.42. The Balaban J connectivity index is 1.41. The SMILES string of the molecule is BrC1=CC2(CCN(CCCc3ccccc3)CC2)ON1. The van der Waals surface area contributed by atoms with Crippen LogP contribution in [0.25, 0.3) is 0 Å². The molecule has 108 valence electrons. The predicted molar refractivity (Wildman–Crippen MR) is 84.4 cm³/mol. The number of nitrogens with one attached hydrogen (secondary N) is 1. The fourth-order valence-electron chi connectivity index (χ4n) is 2.99. The van der Waals surface area contributed by atoms with Gasteiger partial charge in [0.1, 0.15) is 10.2 Å². The largest absolute Gasteiger partial charge is 0.303 e. The molecule has 0 amide bonds. The van der Waals surface area contributed by atoms with Crippen LogP contribution in [0.3, 0.4) is 0 Å². The minimum absolute atomic E-state index is 0.0746. The molecule has 0 saturated carbocycles. The summed E-state index contributed by atoms with van der Waals surface area (Å²) in [5.41, 5.74) is 4.29. The van der Waals surface area contributed by atoms with E-state index in [4.69, 9.17) is 4.84 Å². The van der Waals surface area contributed by atoms with Crippen LogP contribution in [-0.4, -0.2) is 30.1 Å². The van der Waals surface area contributed by atoms with Gasteiger partial charge >= 0.3 is 0 Å². The van der Waals surface area contributed by atoms with Gasteiger partial charge in [-0.2, -0.15) is 0 Å². The molecule has 0 aliphatic carbocycles. The van der Waals surface area contributed by atoms with Crippen molar-refractivity contribution >= 4 is 15.9 Å². The Bertz CT molecular complexity index is 467. The molecule has 0 aromatic heterocycles. The molecule has 2 aliphatic rings. The van der Waals surface area contributed by atoms with Gasteiger partial charge in [0, 0.05) is 13.1 Å². The second-order valence-electron chi connectivity index (χ2n) is 5.69. The number of halogens is 1. The molecule has 20 heavy (non-hydrogen) atoms. The van der Waals surface area contributed by atoms with Crippen LogP contribution in [0, 0.1) is 0 Å². The van der Waals surface area contributed by atoms with Crippen LogP contribution < -0.4 is 5.48 Å². The van der Waals surface area contributed by atoms with Crippen LogP contribution in [0.5, 0.6) is 0 Å². The molecule has 0 unspecified atom stereocenters. The quantitative estimate of drug-likeness (QED) is 0.854. The van der Waals surface area contributed by atoms with E-state index in [-0.39, 0.29) is 5.60 Å². The summed E-state index contributed by atoms with van der Waals surface area (Å²) in [6.07, 6.45) is 6.72. The van der Waals surface area contributed by atoms with Crippen molar-refractivity contribution in [2.24, 2.45) is 0 Å². The second kappa shape index (κ2) is 6.29. The first-order valence-electron chi connectivity index (χ1n) is 7.34. The summed E-state index contributed by atoms with van der Waals surface area (Å²) in [7, 11) is 0. The Hall–Kier alpha value is -0.840. The first-order valence-corrected chi connectivity index (χ1v) is 8.14. The van der Waals surface area contributed by atoms with Crippen LogP contribution in [0.1, 0.15) is 24.8 Å². The Morgan fingerprint density at radius 2 is 1.95 bits per heavy atom. The van der Waals surface area contributed by atoms with Gasteiger partial charge in [-0.15, -0.1) is 0 Å². The summed E-state index contributed by atoms with van der Waals surface area (Å²) in [5.74, 6) is 0. The van der Waals surface area contributed by atoms with E-state index < -0.39 is 0 Å². The van der Waals surface area contributed by atoms with Gasteiger partial charge in [-0.1, -0.05) is 30.3 Å². The number of likely N-dealkylation sites (tertiary alicyclic amines) is 1. The highest BCUT2D eigenvalue weighted by Crippen LogP contribution is 2.33. The van der Waals surface area contributed by atoms with Crippen molar-refractivity contribution in [3.8, 4) is 0 Å². The third-order valence-electron chi connectivity index (χ3n) is 4.23. The molecule has 1 fully saturated rings. The van der Waals surface area contributed by atoms with E-state index >= 15 is 0 Å². The maximum Gasteiger partial charge on any atom is 0.119 e. The second-order valence-corrected chi connectivity index (χ2v) is 6.55. The molecule has 1 aromatic rings. The number of piperidine rings is 1. The summed E-state index contributed by atoms with van der Waals surface area (Å²) < 4.78 is 0.968. The van der Waals surface area contributed by atoms with Gasteiger partial charge in [0.25, 0.3) is 0 Å². The van der Waals surface area contributed by atoms with E-state index in [1.807, 2.05) is 0 Å². The average Bonchev–Trinajstić information content (AvgIpc) is 2.84. The predicted octanol–water partition coefficient (Wildman–Crippen LogP) is 3.22. The number of hydrogen-bond donors (Lipinski definition) is 1. The fourth-order valence-corrected chi connectivity index (χ4v) is 3.49. The van der Waals surface area contributed by atoms with Crippen molar-refractivity contribution in [1.29, 1.82) is 0 Å². The third-order valence-corrected chi connectivity index (χ3v) is 4.62. The zero-order valence-electron chi connectivity index (χ0n) is 11.6. The molecular weight excluding hydrogens is 316 g/mol. The van der Waals surface area contributed by atoms with E-state index in [9.17, 15) is 0 Å². The van der Waals surface area contributed by atoms with Crippen LogP contribution in [0.2, 0.25) is 0 Å². The van der Waals surface area contributed by atoms with Crippen LogP contribution in [0.4, 0.5) is 0 Å². The minimum atomic E-state index is -0.0746. The van der Waals surface area contributed by atoms with E-state index in [0.717, 1.165) is 30.5 Å².